The standard InChI is InChI=1S/C18H17NO2/c20-17-11-12-18(15-9-5-2-6-10-15)19(17)16(13-21-18)14-7-3-1-4-8-14/h1-10,16H,11-13H2/t16-,18-/m1/s1. The average molecular weight is 279 g/mol. The van der Waals surface area contributed by atoms with Crippen LogP contribution in [0.4, 0.5) is 0 Å². The lowest BCUT2D eigenvalue weighted by Gasteiger charge is -2.33. The molecule has 2 fully saturated rings. The minimum Gasteiger partial charge on any atom is -0.349 e. The molecule has 0 aromatic heterocycles. The molecule has 2 saturated heterocycles. The van der Waals surface area contributed by atoms with E-state index < -0.39 is 5.72 Å². The summed E-state index contributed by atoms with van der Waals surface area (Å²) in [5.74, 6) is 0.185. The Morgan fingerprint density at radius 1 is 1.00 bits per heavy atom. The summed E-state index contributed by atoms with van der Waals surface area (Å²) in [6.07, 6.45) is 1.29. The molecule has 3 nitrogen and oxygen atoms in total. The maximum atomic E-state index is 12.5. The monoisotopic (exact) mass is 279 g/mol. The van der Waals surface area contributed by atoms with E-state index in [0.29, 0.717) is 13.0 Å². The van der Waals surface area contributed by atoms with Gasteiger partial charge in [-0.25, -0.2) is 0 Å². The molecular formula is C18H17NO2. The first-order valence-corrected chi connectivity index (χ1v) is 7.38. The first kappa shape index (κ1) is 12.6. The Morgan fingerprint density at radius 3 is 2.38 bits per heavy atom. The summed E-state index contributed by atoms with van der Waals surface area (Å²) in [7, 11) is 0. The van der Waals surface area contributed by atoms with E-state index in [1.54, 1.807) is 0 Å². The number of hydrogen-bond donors (Lipinski definition) is 0. The average Bonchev–Trinajstić information content (AvgIpc) is 3.09. The van der Waals surface area contributed by atoms with E-state index in [0.717, 1.165) is 17.5 Å². The summed E-state index contributed by atoms with van der Waals surface area (Å²) < 4.78 is 6.19. The van der Waals surface area contributed by atoms with Crippen molar-refractivity contribution >= 4 is 5.91 Å². The predicted octanol–water partition coefficient (Wildman–Crippen LogP) is 3.23. The normalized spacial score (nSPS) is 27.9. The van der Waals surface area contributed by atoms with Gasteiger partial charge >= 0.3 is 0 Å². The number of amides is 1. The fourth-order valence-corrected chi connectivity index (χ4v) is 3.56. The van der Waals surface area contributed by atoms with Gasteiger partial charge in [-0.15, -0.1) is 0 Å². The van der Waals surface area contributed by atoms with Crippen LogP contribution < -0.4 is 0 Å². The molecule has 0 N–H and O–H groups in total. The summed E-state index contributed by atoms with van der Waals surface area (Å²) in [5.41, 5.74) is 1.65. The molecule has 4 rings (SSSR count). The van der Waals surface area contributed by atoms with Gasteiger partial charge in [0, 0.05) is 18.4 Å². The van der Waals surface area contributed by atoms with Crippen molar-refractivity contribution in [3.63, 3.8) is 0 Å². The summed E-state index contributed by atoms with van der Waals surface area (Å²) in [6.45, 7) is 0.560. The van der Waals surface area contributed by atoms with Gasteiger partial charge in [0.1, 0.15) is 0 Å². The number of carbonyl (C=O) groups excluding carboxylic acids is 1. The second-order valence-electron chi connectivity index (χ2n) is 5.65. The molecule has 106 valence electrons. The number of carbonyl (C=O) groups is 1. The van der Waals surface area contributed by atoms with E-state index in [1.807, 2.05) is 41.3 Å². The van der Waals surface area contributed by atoms with Crippen molar-refractivity contribution in [3.05, 3.63) is 71.8 Å². The quantitative estimate of drug-likeness (QED) is 0.844. The first-order valence-electron chi connectivity index (χ1n) is 7.38. The lowest BCUT2D eigenvalue weighted by molar-refractivity contribution is -0.139. The number of rotatable bonds is 2. The van der Waals surface area contributed by atoms with Gasteiger partial charge in [0.25, 0.3) is 0 Å². The fraction of sp³-hybridized carbons (Fsp3) is 0.278. The Hall–Kier alpha value is -2.13. The number of ether oxygens (including phenoxy) is 1. The number of fused-ring (bicyclic) bond motifs is 1. The predicted molar refractivity (Wildman–Crippen MR) is 79.3 cm³/mol. The first-order chi connectivity index (χ1) is 10.3. The van der Waals surface area contributed by atoms with Crippen molar-refractivity contribution in [2.45, 2.75) is 24.6 Å². The van der Waals surface area contributed by atoms with Crippen LogP contribution in [-0.4, -0.2) is 17.4 Å². The van der Waals surface area contributed by atoms with Gasteiger partial charge in [-0.3, -0.25) is 4.79 Å². The molecule has 2 atom stereocenters. The van der Waals surface area contributed by atoms with Crippen LogP contribution in [-0.2, 0) is 15.3 Å². The molecule has 2 heterocycles. The number of hydrogen-bond acceptors (Lipinski definition) is 2. The van der Waals surface area contributed by atoms with Crippen molar-refractivity contribution in [1.29, 1.82) is 0 Å². The van der Waals surface area contributed by atoms with Gasteiger partial charge in [0.15, 0.2) is 5.72 Å². The molecule has 2 aliphatic heterocycles. The lowest BCUT2D eigenvalue weighted by atomic mass is 9.99. The minimum absolute atomic E-state index is 0.0152. The highest BCUT2D eigenvalue weighted by Crippen LogP contribution is 2.50. The highest BCUT2D eigenvalue weighted by molar-refractivity contribution is 5.80. The highest BCUT2D eigenvalue weighted by Gasteiger charge is 2.55. The van der Waals surface area contributed by atoms with E-state index in [4.69, 9.17) is 4.74 Å². The Balaban J connectivity index is 1.78. The zero-order chi connectivity index (χ0) is 14.3. The molecule has 0 radical (unpaired) electrons. The van der Waals surface area contributed by atoms with Crippen LogP contribution in [0.1, 0.15) is 30.0 Å². The maximum absolute atomic E-state index is 12.5. The number of benzene rings is 2. The largest absolute Gasteiger partial charge is 0.349 e. The van der Waals surface area contributed by atoms with Crippen molar-refractivity contribution < 1.29 is 9.53 Å². The van der Waals surface area contributed by atoms with Crippen molar-refractivity contribution in [2.75, 3.05) is 6.61 Å². The summed E-state index contributed by atoms with van der Waals surface area (Å²) in [5, 5.41) is 0. The van der Waals surface area contributed by atoms with Gasteiger partial charge in [0.05, 0.1) is 12.6 Å². The molecule has 2 aromatic rings. The zero-order valence-corrected chi connectivity index (χ0v) is 11.7. The summed E-state index contributed by atoms with van der Waals surface area (Å²) >= 11 is 0. The maximum Gasteiger partial charge on any atom is 0.225 e. The Kier molecular flexibility index (Phi) is 2.82. The molecule has 3 heteroatoms. The van der Waals surface area contributed by atoms with E-state index in [1.165, 1.54) is 0 Å². The molecule has 2 aliphatic rings. The van der Waals surface area contributed by atoms with E-state index >= 15 is 0 Å². The topological polar surface area (TPSA) is 29.5 Å². The van der Waals surface area contributed by atoms with Crippen molar-refractivity contribution in [2.24, 2.45) is 0 Å². The van der Waals surface area contributed by atoms with E-state index in [-0.39, 0.29) is 11.9 Å². The van der Waals surface area contributed by atoms with Crippen LogP contribution in [0.2, 0.25) is 0 Å². The second-order valence-corrected chi connectivity index (χ2v) is 5.65. The second kappa shape index (κ2) is 4.71. The molecule has 0 spiro atoms. The van der Waals surface area contributed by atoms with E-state index in [9.17, 15) is 4.79 Å². The number of nitrogens with zero attached hydrogens (tertiary/aromatic N) is 1. The van der Waals surface area contributed by atoms with Crippen LogP contribution in [0.5, 0.6) is 0 Å². The van der Waals surface area contributed by atoms with E-state index in [2.05, 4.69) is 24.3 Å². The third-order valence-electron chi connectivity index (χ3n) is 4.54. The van der Waals surface area contributed by atoms with Crippen molar-refractivity contribution in [1.82, 2.24) is 4.90 Å². The fourth-order valence-electron chi connectivity index (χ4n) is 3.56. The SMILES string of the molecule is O=C1CC[C@]2(c3ccccc3)OC[C@H](c3ccccc3)N12. The molecule has 1 amide bonds. The molecule has 2 aromatic carbocycles. The third-order valence-corrected chi connectivity index (χ3v) is 4.54. The Morgan fingerprint density at radius 2 is 1.67 bits per heavy atom. The highest BCUT2D eigenvalue weighted by atomic mass is 16.5. The lowest BCUT2D eigenvalue weighted by Crippen LogP contribution is -2.40. The van der Waals surface area contributed by atoms with Crippen LogP contribution in [0.15, 0.2) is 60.7 Å². The summed E-state index contributed by atoms with van der Waals surface area (Å²) in [4.78, 5) is 14.4. The van der Waals surface area contributed by atoms with Crippen LogP contribution >= 0.6 is 0 Å². The minimum atomic E-state index is -0.571. The molecule has 0 aliphatic carbocycles. The van der Waals surface area contributed by atoms with Crippen LogP contribution in [0.25, 0.3) is 0 Å². The van der Waals surface area contributed by atoms with Crippen molar-refractivity contribution in [3.8, 4) is 0 Å². The van der Waals surface area contributed by atoms with Gasteiger partial charge in [-0.05, 0) is 5.56 Å². The molecule has 0 unspecified atom stereocenters. The molecular weight excluding hydrogens is 262 g/mol. The Labute approximate surface area is 124 Å². The zero-order valence-electron chi connectivity index (χ0n) is 11.7. The van der Waals surface area contributed by atoms with Crippen LogP contribution in [0, 0.1) is 0 Å². The Bertz CT molecular complexity index is 655. The summed E-state index contributed by atoms with van der Waals surface area (Å²) in [6, 6.07) is 20.3. The van der Waals surface area contributed by atoms with Crippen LogP contribution in [0.3, 0.4) is 0 Å². The molecule has 21 heavy (non-hydrogen) atoms. The smallest absolute Gasteiger partial charge is 0.225 e. The van der Waals surface area contributed by atoms with Gasteiger partial charge in [-0.2, -0.15) is 0 Å². The molecule has 0 bridgehead atoms. The van der Waals surface area contributed by atoms with Gasteiger partial charge in [0.2, 0.25) is 5.91 Å². The van der Waals surface area contributed by atoms with Gasteiger partial charge in [-0.1, -0.05) is 60.7 Å². The van der Waals surface area contributed by atoms with Gasteiger partial charge < -0.3 is 9.64 Å². The third kappa shape index (κ3) is 1.81. The molecule has 0 saturated carbocycles.